The fraction of sp³-hybridized carbons (Fsp3) is 0.350. The minimum atomic E-state index is -0.381. The third-order valence-corrected chi connectivity index (χ3v) is 4.31. The molecule has 1 aromatic heterocycles. The molecule has 0 unspecified atom stereocenters. The van der Waals surface area contributed by atoms with Crippen molar-refractivity contribution in [2.45, 2.75) is 40.2 Å². The molecule has 1 heterocycles. The van der Waals surface area contributed by atoms with Crippen molar-refractivity contribution in [2.75, 3.05) is 11.9 Å². The second-order valence-electron chi connectivity index (χ2n) is 6.20. The zero-order valence-electron chi connectivity index (χ0n) is 15.4. The van der Waals surface area contributed by atoms with Gasteiger partial charge in [0.2, 0.25) is 5.91 Å². The maximum absolute atomic E-state index is 12.3. The van der Waals surface area contributed by atoms with Gasteiger partial charge in [0.15, 0.2) is 0 Å². The van der Waals surface area contributed by atoms with Gasteiger partial charge in [0, 0.05) is 24.3 Å². The van der Waals surface area contributed by atoms with Crippen LogP contribution in [0, 0.1) is 25.2 Å². The van der Waals surface area contributed by atoms with Crippen LogP contribution in [0.1, 0.15) is 41.3 Å². The van der Waals surface area contributed by atoms with Gasteiger partial charge in [-0.3, -0.25) is 9.59 Å². The monoisotopic (exact) mass is 352 g/mol. The number of benzene rings is 1. The van der Waals surface area contributed by atoms with Crippen LogP contribution >= 0.6 is 0 Å². The first-order valence-electron chi connectivity index (χ1n) is 8.68. The van der Waals surface area contributed by atoms with Crippen LogP contribution < -0.4 is 16.2 Å². The van der Waals surface area contributed by atoms with Crippen molar-refractivity contribution >= 4 is 11.6 Å². The number of rotatable bonds is 7. The number of nitriles is 1. The highest BCUT2D eigenvalue weighted by Gasteiger charge is 2.13. The Labute approximate surface area is 153 Å². The van der Waals surface area contributed by atoms with E-state index in [9.17, 15) is 9.59 Å². The largest absolute Gasteiger partial charge is 0.326 e. The van der Waals surface area contributed by atoms with Gasteiger partial charge in [-0.2, -0.15) is 5.26 Å². The molecule has 0 radical (unpaired) electrons. The summed E-state index contributed by atoms with van der Waals surface area (Å²) in [4.78, 5) is 26.7. The molecule has 0 saturated carbocycles. The minimum Gasteiger partial charge on any atom is -0.326 e. The lowest BCUT2D eigenvalue weighted by Gasteiger charge is -2.11. The summed E-state index contributed by atoms with van der Waals surface area (Å²) in [7, 11) is 0. The Balaban J connectivity index is 2.04. The van der Waals surface area contributed by atoms with Crippen molar-refractivity contribution in [3.8, 4) is 6.07 Å². The Morgan fingerprint density at radius 2 is 2.08 bits per heavy atom. The molecule has 2 rings (SSSR count). The maximum atomic E-state index is 12.3. The molecular weight excluding hydrogens is 328 g/mol. The second kappa shape index (κ2) is 8.97. The predicted octanol–water partition coefficient (Wildman–Crippen LogP) is 2.54. The van der Waals surface area contributed by atoms with Crippen LogP contribution in [0.25, 0.3) is 0 Å². The van der Waals surface area contributed by atoms with E-state index in [-0.39, 0.29) is 23.5 Å². The first-order chi connectivity index (χ1) is 12.5. The van der Waals surface area contributed by atoms with Crippen LogP contribution in [0.2, 0.25) is 0 Å². The molecule has 0 saturated heterocycles. The number of nitrogens with one attached hydrogen (secondary N) is 3. The average molecular weight is 352 g/mol. The number of pyridine rings is 1. The zero-order valence-corrected chi connectivity index (χ0v) is 15.4. The van der Waals surface area contributed by atoms with Crippen LogP contribution in [0.15, 0.2) is 29.1 Å². The van der Waals surface area contributed by atoms with Gasteiger partial charge in [-0.05, 0) is 55.6 Å². The van der Waals surface area contributed by atoms with Gasteiger partial charge in [0.1, 0.15) is 11.6 Å². The van der Waals surface area contributed by atoms with E-state index in [1.54, 1.807) is 13.8 Å². The summed E-state index contributed by atoms with van der Waals surface area (Å²) in [5.41, 5.74) is 3.79. The Morgan fingerprint density at radius 3 is 2.77 bits per heavy atom. The summed E-state index contributed by atoms with van der Waals surface area (Å²) in [5, 5.41) is 15.3. The molecule has 6 nitrogen and oxygen atoms in total. The Hall–Kier alpha value is -2.91. The van der Waals surface area contributed by atoms with E-state index in [0.717, 1.165) is 29.9 Å². The fourth-order valence-electron chi connectivity index (χ4n) is 2.91. The third kappa shape index (κ3) is 4.80. The van der Waals surface area contributed by atoms with Crippen molar-refractivity contribution in [1.82, 2.24) is 10.3 Å². The topological polar surface area (TPSA) is 97.8 Å². The van der Waals surface area contributed by atoms with Gasteiger partial charge in [0.25, 0.3) is 5.56 Å². The van der Waals surface area contributed by atoms with Crippen molar-refractivity contribution < 1.29 is 4.79 Å². The van der Waals surface area contributed by atoms with E-state index >= 15 is 0 Å². The Kier molecular flexibility index (Phi) is 6.70. The van der Waals surface area contributed by atoms with Crippen LogP contribution in [-0.4, -0.2) is 17.4 Å². The van der Waals surface area contributed by atoms with Crippen molar-refractivity contribution in [3.05, 3.63) is 62.6 Å². The number of H-pyrrole nitrogens is 1. The first kappa shape index (κ1) is 19.4. The number of nitrogens with zero attached hydrogens (tertiary/aromatic N) is 1. The average Bonchev–Trinajstić information content (AvgIpc) is 2.60. The summed E-state index contributed by atoms with van der Waals surface area (Å²) in [6.07, 6.45) is 0.738. The number of anilines is 1. The summed E-state index contributed by atoms with van der Waals surface area (Å²) >= 11 is 0. The first-order valence-corrected chi connectivity index (χ1v) is 8.68. The predicted molar refractivity (Wildman–Crippen MR) is 102 cm³/mol. The van der Waals surface area contributed by atoms with Gasteiger partial charge < -0.3 is 15.6 Å². The summed E-state index contributed by atoms with van der Waals surface area (Å²) < 4.78 is 0. The number of hydrogen-bond acceptors (Lipinski definition) is 4. The van der Waals surface area contributed by atoms with Gasteiger partial charge >= 0.3 is 0 Å². The fourth-order valence-corrected chi connectivity index (χ4v) is 2.91. The molecule has 26 heavy (non-hydrogen) atoms. The van der Waals surface area contributed by atoms with Crippen LogP contribution in [0.5, 0.6) is 0 Å². The number of amides is 1. The van der Waals surface area contributed by atoms with E-state index in [0.29, 0.717) is 17.7 Å². The van der Waals surface area contributed by atoms with E-state index in [1.165, 1.54) is 0 Å². The number of carbonyl (C=O) groups is 1. The zero-order chi connectivity index (χ0) is 19.1. The SMILES string of the molecule is CCNCc1cccc(NC(=O)CCc2c(C)[nH]c(=O)c(C#N)c2C)c1. The van der Waals surface area contributed by atoms with Gasteiger partial charge in [-0.25, -0.2) is 0 Å². The summed E-state index contributed by atoms with van der Waals surface area (Å²) in [6, 6.07) is 9.66. The summed E-state index contributed by atoms with van der Waals surface area (Å²) in [6.45, 7) is 7.22. The van der Waals surface area contributed by atoms with Crippen LogP contribution in [0.3, 0.4) is 0 Å². The molecule has 1 amide bonds. The minimum absolute atomic E-state index is 0.103. The smallest absolute Gasteiger partial charge is 0.266 e. The molecule has 3 N–H and O–H groups in total. The third-order valence-electron chi connectivity index (χ3n) is 4.31. The molecule has 0 atom stereocenters. The van der Waals surface area contributed by atoms with Crippen molar-refractivity contribution in [3.63, 3.8) is 0 Å². The number of aromatic nitrogens is 1. The summed E-state index contributed by atoms with van der Waals surface area (Å²) in [5.74, 6) is -0.103. The molecule has 2 aromatic rings. The van der Waals surface area contributed by atoms with E-state index in [2.05, 4.69) is 15.6 Å². The van der Waals surface area contributed by atoms with Gasteiger partial charge in [0.05, 0.1) is 0 Å². The van der Waals surface area contributed by atoms with Crippen molar-refractivity contribution in [1.29, 1.82) is 5.26 Å². The molecule has 0 aliphatic carbocycles. The normalized spacial score (nSPS) is 10.4. The molecular formula is C20H24N4O2. The maximum Gasteiger partial charge on any atom is 0.266 e. The molecule has 1 aromatic carbocycles. The van der Waals surface area contributed by atoms with Gasteiger partial charge in [-0.15, -0.1) is 0 Å². The Bertz CT molecular complexity index is 894. The molecule has 0 spiro atoms. The molecule has 0 aliphatic rings. The van der Waals surface area contributed by atoms with Crippen molar-refractivity contribution in [2.24, 2.45) is 0 Å². The molecule has 0 bridgehead atoms. The lowest BCUT2D eigenvalue weighted by Crippen LogP contribution is -2.18. The van der Waals surface area contributed by atoms with E-state index in [4.69, 9.17) is 5.26 Å². The van der Waals surface area contributed by atoms with Gasteiger partial charge in [-0.1, -0.05) is 19.1 Å². The molecule has 136 valence electrons. The van der Waals surface area contributed by atoms with E-state index < -0.39 is 0 Å². The highest BCUT2D eigenvalue weighted by atomic mass is 16.1. The molecule has 0 aliphatic heterocycles. The lowest BCUT2D eigenvalue weighted by molar-refractivity contribution is -0.116. The quantitative estimate of drug-likeness (QED) is 0.713. The molecule has 6 heteroatoms. The number of aryl methyl sites for hydroxylation is 1. The Morgan fingerprint density at radius 1 is 1.31 bits per heavy atom. The second-order valence-corrected chi connectivity index (χ2v) is 6.20. The molecule has 0 fully saturated rings. The lowest BCUT2D eigenvalue weighted by atomic mass is 9.99. The van der Waals surface area contributed by atoms with E-state index in [1.807, 2.05) is 37.3 Å². The van der Waals surface area contributed by atoms with Crippen LogP contribution in [-0.2, 0) is 17.8 Å². The highest BCUT2D eigenvalue weighted by Crippen LogP contribution is 2.16. The van der Waals surface area contributed by atoms with Crippen LogP contribution in [0.4, 0.5) is 5.69 Å². The number of carbonyl (C=O) groups excluding carboxylic acids is 1. The standard InChI is InChI=1S/C20H24N4O2/c1-4-22-12-15-6-5-7-16(10-15)24-19(25)9-8-17-13(2)18(11-21)20(26)23-14(17)3/h5-7,10,22H,4,8-9,12H2,1-3H3,(H,23,26)(H,24,25). The highest BCUT2D eigenvalue weighted by molar-refractivity contribution is 5.90. The number of hydrogen-bond donors (Lipinski definition) is 3. The number of aromatic amines is 1.